The molecule has 1 heterocycles. The first-order valence-corrected chi connectivity index (χ1v) is 10.1. The molecule has 0 unspecified atom stereocenters. The molecule has 1 aromatic heterocycles. The summed E-state index contributed by atoms with van der Waals surface area (Å²) in [5.41, 5.74) is 5.54. The van der Waals surface area contributed by atoms with Gasteiger partial charge in [-0.2, -0.15) is 13.2 Å². The molecule has 0 aliphatic heterocycles. The quantitative estimate of drug-likeness (QED) is 0.393. The van der Waals surface area contributed by atoms with Crippen LogP contribution in [0.15, 0.2) is 41.4 Å². The molecule has 0 radical (unpaired) electrons. The van der Waals surface area contributed by atoms with E-state index in [2.05, 4.69) is 15.3 Å². The van der Waals surface area contributed by atoms with Crippen molar-refractivity contribution in [1.82, 2.24) is 14.9 Å². The van der Waals surface area contributed by atoms with Crippen LogP contribution in [0.2, 0.25) is 5.02 Å². The van der Waals surface area contributed by atoms with Gasteiger partial charge in [-0.25, -0.2) is 4.98 Å². The summed E-state index contributed by atoms with van der Waals surface area (Å²) in [5.74, 6) is 0.100. The molecule has 0 aliphatic rings. The van der Waals surface area contributed by atoms with E-state index in [-0.39, 0.29) is 30.6 Å². The number of carbonyl (C=O) groups excluding carboxylic acids is 1. The summed E-state index contributed by atoms with van der Waals surface area (Å²) in [6.07, 6.45) is -4.53. The molecule has 0 aliphatic carbocycles. The minimum atomic E-state index is -4.53. The largest absolute Gasteiger partial charge is 0.493 e. The van der Waals surface area contributed by atoms with Gasteiger partial charge in [-0.3, -0.25) is 19.7 Å². The lowest BCUT2D eigenvalue weighted by atomic mass is 10.2. The first-order chi connectivity index (χ1) is 15.6. The minimum Gasteiger partial charge on any atom is -0.493 e. The molecule has 3 N–H and O–H groups in total. The van der Waals surface area contributed by atoms with Crippen LogP contribution in [0, 0.1) is 0 Å². The highest BCUT2D eigenvalue weighted by Crippen LogP contribution is 2.36. The average Bonchev–Trinajstić information content (AvgIpc) is 3.12. The Hall–Kier alpha value is -3.31. The smallest absolute Gasteiger partial charge is 0.416 e. The van der Waals surface area contributed by atoms with Crippen LogP contribution >= 0.6 is 11.6 Å². The first-order valence-electron chi connectivity index (χ1n) is 9.74. The number of carbonyl (C=O) groups is 1. The number of aromatic nitrogens is 2. The predicted molar refractivity (Wildman–Crippen MR) is 118 cm³/mol. The van der Waals surface area contributed by atoms with Crippen molar-refractivity contribution in [2.24, 2.45) is 10.7 Å². The van der Waals surface area contributed by atoms with E-state index in [1.165, 1.54) is 17.7 Å². The van der Waals surface area contributed by atoms with Crippen LogP contribution in [0.3, 0.4) is 0 Å². The fraction of sp³-hybridized carbons (Fsp3) is 0.286. The van der Waals surface area contributed by atoms with Gasteiger partial charge in [0, 0.05) is 12.1 Å². The third kappa shape index (κ3) is 5.74. The van der Waals surface area contributed by atoms with Crippen molar-refractivity contribution in [2.45, 2.75) is 19.8 Å². The van der Waals surface area contributed by atoms with Crippen LogP contribution in [0.1, 0.15) is 12.5 Å². The number of ether oxygens (including phenoxy) is 2. The molecule has 0 saturated heterocycles. The van der Waals surface area contributed by atoms with Crippen molar-refractivity contribution in [2.75, 3.05) is 20.3 Å². The number of guanidine groups is 1. The number of nitrogens with one attached hydrogen (secondary N) is 1. The van der Waals surface area contributed by atoms with E-state index in [9.17, 15) is 18.0 Å². The highest BCUT2D eigenvalue weighted by Gasteiger charge is 2.31. The van der Waals surface area contributed by atoms with Crippen molar-refractivity contribution in [3.05, 3.63) is 47.0 Å². The molecular formula is C21H21ClF3N5O3. The number of amides is 1. The van der Waals surface area contributed by atoms with E-state index >= 15 is 0 Å². The summed E-state index contributed by atoms with van der Waals surface area (Å²) in [6.45, 7) is 1.59. The Balaban J connectivity index is 2.04. The summed E-state index contributed by atoms with van der Waals surface area (Å²) in [6, 6.07) is 8.07. The molecule has 176 valence electrons. The number of nitrogens with two attached hydrogens (primary N) is 1. The molecule has 0 spiro atoms. The number of rotatable bonds is 7. The Morgan fingerprint density at radius 1 is 1.27 bits per heavy atom. The summed E-state index contributed by atoms with van der Waals surface area (Å²) >= 11 is 6.16. The number of halogens is 4. The van der Waals surface area contributed by atoms with Gasteiger partial charge in [0.25, 0.3) is 5.91 Å². The molecule has 3 aromatic rings. The number of hydrogen-bond acceptors (Lipinski definition) is 5. The van der Waals surface area contributed by atoms with Crippen LogP contribution in [0.4, 0.5) is 13.2 Å². The van der Waals surface area contributed by atoms with Gasteiger partial charge in [0.1, 0.15) is 24.9 Å². The van der Waals surface area contributed by atoms with Gasteiger partial charge in [0.05, 0.1) is 28.8 Å². The Labute approximate surface area is 192 Å². The maximum atomic E-state index is 13.2. The minimum absolute atomic E-state index is 0.0719. The Morgan fingerprint density at radius 3 is 2.70 bits per heavy atom. The lowest BCUT2D eigenvalue weighted by Gasteiger charge is -2.14. The highest BCUT2D eigenvalue weighted by molar-refractivity contribution is 6.31. The van der Waals surface area contributed by atoms with Crippen LogP contribution in [0.5, 0.6) is 5.75 Å². The van der Waals surface area contributed by atoms with E-state index in [4.69, 9.17) is 26.8 Å². The number of aliphatic imine (C=N–C) groups is 1. The van der Waals surface area contributed by atoms with Crippen molar-refractivity contribution in [3.63, 3.8) is 0 Å². The molecular weight excluding hydrogens is 463 g/mol. The molecule has 12 heteroatoms. The zero-order valence-electron chi connectivity index (χ0n) is 17.7. The summed E-state index contributed by atoms with van der Waals surface area (Å²) in [4.78, 5) is 19.9. The van der Waals surface area contributed by atoms with E-state index in [1.54, 1.807) is 25.1 Å². The van der Waals surface area contributed by atoms with Gasteiger partial charge in [0.15, 0.2) is 5.96 Å². The monoisotopic (exact) mass is 483 g/mol. The Morgan fingerprint density at radius 2 is 2.03 bits per heavy atom. The molecule has 0 fully saturated rings. The molecule has 0 atom stereocenters. The second kappa shape index (κ2) is 10.1. The third-order valence-corrected chi connectivity index (χ3v) is 4.75. The van der Waals surface area contributed by atoms with Crippen molar-refractivity contribution >= 4 is 34.5 Å². The lowest BCUT2D eigenvalue weighted by Crippen LogP contribution is -2.38. The number of hydrogen-bond donors (Lipinski definition) is 2. The summed E-state index contributed by atoms with van der Waals surface area (Å²) in [5, 5.41) is 2.71. The molecule has 3 rings (SSSR count). The SMILES string of the molecule is CCOc1ccc(Cl)cc1-c1nc2cc(C(F)(F)F)ccc2n1COCC(=O)NC(N)=NC. The van der Waals surface area contributed by atoms with E-state index in [0.29, 0.717) is 28.5 Å². The van der Waals surface area contributed by atoms with Crippen LogP contribution in [-0.2, 0) is 22.4 Å². The fourth-order valence-electron chi connectivity index (χ4n) is 3.07. The normalized spacial score (nSPS) is 12.2. The van der Waals surface area contributed by atoms with Gasteiger partial charge >= 0.3 is 6.18 Å². The maximum absolute atomic E-state index is 13.2. The van der Waals surface area contributed by atoms with E-state index in [1.807, 2.05) is 0 Å². The van der Waals surface area contributed by atoms with E-state index < -0.39 is 17.6 Å². The van der Waals surface area contributed by atoms with E-state index in [0.717, 1.165) is 12.1 Å². The first kappa shape index (κ1) is 24.3. The number of nitrogens with zero attached hydrogens (tertiary/aromatic N) is 3. The topological polar surface area (TPSA) is 104 Å². The van der Waals surface area contributed by atoms with Crippen molar-refractivity contribution in [3.8, 4) is 17.1 Å². The fourth-order valence-corrected chi connectivity index (χ4v) is 3.24. The summed E-state index contributed by atoms with van der Waals surface area (Å²) in [7, 11) is 1.41. The maximum Gasteiger partial charge on any atom is 0.416 e. The zero-order valence-corrected chi connectivity index (χ0v) is 18.5. The predicted octanol–water partition coefficient (Wildman–Crippen LogP) is 3.81. The molecule has 33 heavy (non-hydrogen) atoms. The Kier molecular flexibility index (Phi) is 7.44. The van der Waals surface area contributed by atoms with Gasteiger partial charge < -0.3 is 15.2 Å². The third-order valence-electron chi connectivity index (χ3n) is 4.52. The van der Waals surface area contributed by atoms with Crippen LogP contribution < -0.4 is 15.8 Å². The average molecular weight is 484 g/mol. The molecule has 0 saturated carbocycles. The van der Waals surface area contributed by atoms with Gasteiger partial charge in [-0.05, 0) is 43.3 Å². The lowest BCUT2D eigenvalue weighted by molar-refractivity contribution is -0.137. The van der Waals surface area contributed by atoms with Gasteiger partial charge in [0.2, 0.25) is 0 Å². The van der Waals surface area contributed by atoms with Gasteiger partial charge in [-0.1, -0.05) is 11.6 Å². The zero-order chi connectivity index (χ0) is 24.2. The number of alkyl halides is 3. The van der Waals surface area contributed by atoms with Gasteiger partial charge in [-0.15, -0.1) is 0 Å². The second-order valence-electron chi connectivity index (χ2n) is 6.77. The molecule has 8 nitrogen and oxygen atoms in total. The number of imidazole rings is 1. The highest BCUT2D eigenvalue weighted by atomic mass is 35.5. The molecule has 0 bridgehead atoms. The Bertz CT molecular complexity index is 1190. The molecule has 1 amide bonds. The van der Waals surface area contributed by atoms with Crippen LogP contribution in [0.25, 0.3) is 22.4 Å². The second-order valence-corrected chi connectivity index (χ2v) is 7.21. The van der Waals surface area contributed by atoms with Crippen molar-refractivity contribution in [1.29, 1.82) is 0 Å². The number of benzene rings is 2. The van der Waals surface area contributed by atoms with Crippen LogP contribution in [-0.4, -0.2) is 41.7 Å². The number of fused-ring (bicyclic) bond motifs is 1. The summed E-state index contributed by atoms with van der Waals surface area (Å²) < 4.78 is 52.4. The molecule has 2 aromatic carbocycles. The van der Waals surface area contributed by atoms with Crippen molar-refractivity contribution < 1.29 is 27.4 Å². The standard InChI is InChI=1S/C21H21ClF3N5O3/c1-3-33-17-7-5-13(22)9-14(17)19-28-15-8-12(21(23,24)25)4-6-16(15)30(19)11-32-10-18(31)29-20(26)27-2/h4-9H,3,10-11H2,1-2H3,(H3,26,27,29,31).